The molecule has 3 aliphatic rings. The molecule has 2 aromatic rings. The van der Waals surface area contributed by atoms with Gasteiger partial charge in [0, 0.05) is 57.2 Å². The first-order valence-corrected chi connectivity index (χ1v) is 10.7. The summed E-state index contributed by atoms with van der Waals surface area (Å²) in [6, 6.07) is 13.3. The van der Waals surface area contributed by atoms with Gasteiger partial charge in [-0.15, -0.1) is 0 Å². The van der Waals surface area contributed by atoms with Crippen LogP contribution in [0.1, 0.15) is 41.1 Å². The molecule has 0 radical (unpaired) electrons. The van der Waals surface area contributed by atoms with E-state index in [9.17, 15) is 9.18 Å². The summed E-state index contributed by atoms with van der Waals surface area (Å²) in [5.74, 6) is 0.377. The van der Waals surface area contributed by atoms with Gasteiger partial charge in [-0.25, -0.2) is 4.39 Å². The van der Waals surface area contributed by atoms with Crippen LogP contribution in [-0.2, 0) is 0 Å². The summed E-state index contributed by atoms with van der Waals surface area (Å²) in [6.07, 6.45) is 2.56. The summed E-state index contributed by atoms with van der Waals surface area (Å²) in [4.78, 5) is 19.9. The van der Waals surface area contributed by atoms with Crippen LogP contribution >= 0.6 is 0 Å². The second kappa shape index (κ2) is 7.45. The first kappa shape index (κ1) is 18.6. The third-order valence-corrected chi connectivity index (χ3v) is 6.93. The molecule has 0 amide bonds. The van der Waals surface area contributed by atoms with Crippen molar-refractivity contribution in [2.45, 2.75) is 31.2 Å². The minimum atomic E-state index is -0.298. The second-order valence-corrected chi connectivity index (χ2v) is 8.63. The van der Waals surface area contributed by atoms with Crippen molar-refractivity contribution in [1.82, 2.24) is 4.90 Å². The smallest absolute Gasteiger partial charge is 0.162 e. The zero-order valence-corrected chi connectivity index (χ0v) is 17.0. The number of carbonyl (C=O) groups excluding carboxylic acids is 1. The molecule has 3 heterocycles. The van der Waals surface area contributed by atoms with E-state index in [2.05, 4.69) is 39.9 Å². The maximum Gasteiger partial charge on any atom is 0.162 e. The van der Waals surface area contributed by atoms with Crippen molar-refractivity contribution in [2.24, 2.45) is 0 Å². The molecule has 0 unspecified atom stereocenters. The van der Waals surface area contributed by atoms with Crippen LogP contribution < -0.4 is 9.80 Å². The third kappa shape index (κ3) is 3.31. The number of nitrogens with zero attached hydrogens (tertiary/aromatic N) is 3. The van der Waals surface area contributed by atoms with E-state index in [1.165, 1.54) is 35.5 Å². The molecular weight excluding hydrogens is 367 g/mol. The van der Waals surface area contributed by atoms with Gasteiger partial charge in [-0.05, 0) is 55.3 Å². The van der Waals surface area contributed by atoms with Crippen LogP contribution in [0.2, 0.25) is 0 Å². The number of piperidine rings is 1. The summed E-state index contributed by atoms with van der Waals surface area (Å²) >= 11 is 0. The molecular formula is C24H28FN3O. The standard InChI is InChI=1S/C24H28FN3O/c1-26-14-15-28-21-11-13-27(16-20(21)19-4-2-5-22(26)24(19)28)12-3-6-23(29)17-7-9-18(25)10-8-17/h2,4-5,7-10,20-21H,3,6,11-16H2,1H3/t20-,21-/m0/s1/i1+2. The van der Waals surface area contributed by atoms with E-state index in [-0.39, 0.29) is 11.6 Å². The first-order chi connectivity index (χ1) is 14.1. The van der Waals surface area contributed by atoms with Gasteiger partial charge < -0.3 is 14.7 Å². The summed E-state index contributed by atoms with van der Waals surface area (Å²) < 4.78 is 13.0. The highest BCUT2D eigenvalue weighted by Gasteiger charge is 2.44. The number of hydrogen-bond donors (Lipinski definition) is 0. The number of carbonyl (C=O) groups is 1. The highest BCUT2D eigenvalue weighted by atomic mass is 19.1. The van der Waals surface area contributed by atoms with Crippen LogP contribution in [0.25, 0.3) is 0 Å². The molecule has 2 atom stereocenters. The van der Waals surface area contributed by atoms with Crippen LogP contribution in [-0.4, -0.2) is 56.5 Å². The number of likely N-dealkylation sites (tertiary alicyclic amines) is 1. The predicted octanol–water partition coefficient (Wildman–Crippen LogP) is 3.92. The fourth-order valence-electron chi connectivity index (χ4n) is 5.42. The van der Waals surface area contributed by atoms with Gasteiger partial charge in [0.1, 0.15) is 5.82 Å². The number of ketones is 1. The molecule has 5 heteroatoms. The number of fused-ring (bicyclic) bond motifs is 3. The van der Waals surface area contributed by atoms with E-state index in [1.54, 1.807) is 12.1 Å². The minimum Gasteiger partial charge on any atom is -0.371 e. The van der Waals surface area contributed by atoms with Gasteiger partial charge in [0.25, 0.3) is 0 Å². The van der Waals surface area contributed by atoms with Gasteiger partial charge in [-0.1, -0.05) is 12.1 Å². The van der Waals surface area contributed by atoms with Crippen LogP contribution in [0.3, 0.4) is 0 Å². The average molecular weight is 395 g/mol. The van der Waals surface area contributed by atoms with E-state index in [0.717, 1.165) is 39.1 Å². The number of likely N-dealkylation sites (N-methyl/N-ethyl adjacent to an activating group) is 1. The van der Waals surface area contributed by atoms with Gasteiger partial charge in [-0.3, -0.25) is 4.79 Å². The van der Waals surface area contributed by atoms with E-state index >= 15 is 0 Å². The van der Waals surface area contributed by atoms with E-state index in [0.29, 0.717) is 23.9 Å². The largest absolute Gasteiger partial charge is 0.371 e. The van der Waals surface area contributed by atoms with Gasteiger partial charge in [0.2, 0.25) is 0 Å². The zero-order chi connectivity index (χ0) is 20.0. The summed E-state index contributed by atoms with van der Waals surface area (Å²) in [7, 11) is 2.19. The molecule has 1 fully saturated rings. The Labute approximate surface area is 171 Å². The Morgan fingerprint density at radius 2 is 1.93 bits per heavy atom. The normalized spacial score (nSPS) is 23.1. The van der Waals surface area contributed by atoms with E-state index in [1.807, 2.05) is 0 Å². The maximum atomic E-state index is 13.0. The second-order valence-electron chi connectivity index (χ2n) is 8.63. The van der Waals surface area contributed by atoms with Crippen molar-refractivity contribution in [3.05, 3.63) is 59.4 Å². The molecule has 3 aliphatic heterocycles. The topological polar surface area (TPSA) is 26.8 Å². The number of Topliss-reactive ketones (excluding diaryl/α,β-unsaturated/α-hetero) is 1. The quantitative estimate of drug-likeness (QED) is 0.717. The van der Waals surface area contributed by atoms with Crippen molar-refractivity contribution in [2.75, 3.05) is 49.6 Å². The van der Waals surface area contributed by atoms with Crippen molar-refractivity contribution in [1.29, 1.82) is 0 Å². The fraction of sp³-hybridized carbons (Fsp3) is 0.458. The van der Waals surface area contributed by atoms with Crippen LogP contribution in [0.5, 0.6) is 0 Å². The molecule has 0 aliphatic carbocycles. The van der Waals surface area contributed by atoms with Crippen molar-refractivity contribution in [3.8, 4) is 0 Å². The van der Waals surface area contributed by atoms with E-state index < -0.39 is 0 Å². The molecule has 0 bridgehead atoms. The van der Waals surface area contributed by atoms with Crippen LogP contribution in [0, 0.1) is 5.82 Å². The van der Waals surface area contributed by atoms with Crippen molar-refractivity contribution >= 4 is 17.2 Å². The number of hydrogen-bond acceptors (Lipinski definition) is 4. The van der Waals surface area contributed by atoms with Gasteiger partial charge in [0.05, 0.1) is 11.4 Å². The highest BCUT2D eigenvalue weighted by molar-refractivity contribution is 5.95. The molecule has 1 saturated heterocycles. The molecule has 29 heavy (non-hydrogen) atoms. The Balaban J connectivity index is 1.22. The molecule has 4 nitrogen and oxygen atoms in total. The van der Waals surface area contributed by atoms with Crippen LogP contribution in [0.15, 0.2) is 42.5 Å². The fourth-order valence-corrected chi connectivity index (χ4v) is 5.42. The molecule has 5 rings (SSSR count). The summed E-state index contributed by atoms with van der Waals surface area (Å²) in [5, 5.41) is 0. The Morgan fingerprint density at radius 1 is 1.10 bits per heavy atom. The lowest BCUT2D eigenvalue weighted by molar-refractivity contribution is 0.0971. The predicted molar refractivity (Wildman–Crippen MR) is 115 cm³/mol. The van der Waals surface area contributed by atoms with E-state index in [4.69, 9.17) is 0 Å². The molecule has 0 saturated carbocycles. The van der Waals surface area contributed by atoms with Gasteiger partial charge in [-0.2, -0.15) is 0 Å². The number of halogens is 1. The summed E-state index contributed by atoms with van der Waals surface area (Å²) in [5.41, 5.74) is 4.95. The van der Waals surface area contributed by atoms with Crippen molar-refractivity contribution < 1.29 is 9.18 Å². The zero-order valence-electron chi connectivity index (χ0n) is 17.0. The summed E-state index contributed by atoms with van der Waals surface area (Å²) in [6.45, 7) is 5.33. The minimum absolute atomic E-state index is 0.107. The van der Waals surface area contributed by atoms with Crippen LogP contribution in [0.4, 0.5) is 15.8 Å². The van der Waals surface area contributed by atoms with Crippen molar-refractivity contribution in [3.63, 3.8) is 0 Å². The lowest BCUT2D eigenvalue weighted by Gasteiger charge is -2.41. The van der Waals surface area contributed by atoms with Gasteiger partial charge in [0.15, 0.2) is 5.78 Å². The van der Waals surface area contributed by atoms with Gasteiger partial charge >= 0.3 is 0 Å². The Morgan fingerprint density at radius 3 is 2.76 bits per heavy atom. The molecule has 0 spiro atoms. The monoisotopic (exact) mass is 395 g/mol. The molecule has 152 valence electrons. The lowest BCUT2D eigenvalue weighted by Crippen LogP contribution is -2.49. The number of para-hydroxylation sites is 1. The lowest BCUT2D eigenvalue weighted by atomic mass is 9.89. The molecule has 2 aromatic carbocycles. The molecule has 0 N–H and O–H groups in total. The third-order valence-electron chi connectivity index (χ3n) is 6.93. The average Bonchev–Trinajstić information content (AvgIpc) is 3.06. The Bertz CT molecular complexity index is 913. The maximum absolute atomic E-state index is 13.0. The Hall–Kier alpha value is -2.40. The Kier molecular flexibility index (Phi) is 4.78. The highest BCUT2D eigenvalue weighted by Crippen LogP contribution is 2.50. The first-order valence-electron chi connectivity index (χ1n) is 10.7. The molecule has 0 aromatic heterocycles. The number of rotatable bonds is 5. The number of benzene rings is 2. The number of anilines is 2. The SMILES string of the molecule is [14CH3]N1CCN2c3c(cccc31)[C@@H]1CN(CCCC(=O)c3ccc(F)cc3)CC[C@@H]12.